The van der Waals surface area contributed by atoms with Gasteiger partial charge >= 0.3 is 0 Å². The zero-order valence-corrected chi connectivity index (χ0v) is 18.0. The fourth-order valence-corrected chi connectivity index (χ4v) is 3.37. The van der Waals surface area contributed by atoms with Gasteiger partial charge in [0.15, 0.2) is 5.82 Å². The second-order valence-corrected chi connectivity index (χ2v) is 8.17. The number of rotatable bonds is 11. The standard InChI is InChI=1S/C25H28N4O3/c30-23(26-15-5-8-18-6-2-1-3-7-18)14-13-22-25(31)27-24(29-28-22)20-9-4-10-21(16-20)32-17-19-11-12-19/h1-4,6-7,9-10,16,19H,5,8,11-15,17H2,(H,26,30)(H,27,29,31). The van der Waals surface area contributed by atoms with E-state index in [1.54, 1.807) is 0 Å². The third kappa shape index (κ3) is 6.51. The lowest BCUT2D eigenvalue weighted by molar-refractivity contribution is -0.121. The average molecular weight is 433 g/mol. The number of hydrogen-bond donors (Lipinski definition) is 2. The van der Waals surface area contributed by atoms with E-state index in [9.17, 15) is 9.59 Å². The summed E-state index contributed by atoms with van der Waals surface area (Å²) in [4.78, 5) is 27.3. The Hall–Kier alpha value is -3.48. The number of benzene rings is 2. The molecule has 1 saturated carbocycles. The zero-order chi connectivity index (χ0) is 22.2. The monoisotopic (exact) mass is 432 g/mol. The molecular formula is C25H28N4O3. The van der Waals surface area contributed by atoms with Crippen LogP contribution in [0.4, 0.5) is 0 Å². The van der Waals surface area contributed by atoms with E-state index in [0.717, 1.165) is 30.8 Å². The van der Waals surface area contributed by atoms with E-state index in [0.29, 0.717) is 18.3 Å². The minimum Gasteiger partial charge on any atom is -0.493 e. The summed E-state index contributed by atoms with van der Waals surface area (Å²) in [5.74, 6) is 1.72. The largest absolute Gasteiger partial charge is 0.493 e. The molecule has 4 rings (SSSR count). The van der Waals surface area contributed by atoms with Gasteiger partial charge in [0.05, 0.1) is 6.61 Å². The van der Waals surface area contributed by atoms with E-state index in [-0.39, 0.29) is 30.0 Å². The highest BCUT2D eigenvalue weighted by Gasteiger charge is 2.22. The number of carbonyl (C=O) groups is 1. The molecule has 1 aliphatic rings. The van der Waals surface area contributed by atoms with E-state index in [2.05, 4.69) is 32.6 Å². The number of amides is 1. The predicted molar refractivity (Wildman–Crippen MR) is 122 cm³/mol. The maximum absolute atomic E-state index is 12.4. The Morgan fingerprint density at radius 2 is 1.91 bits per heavy atom. The molecule has 7 heteroatoms. The van der Waals surface area contributed by atoms with Gasteiger partial charge in [-0.1, -0.05) is 42.5 Å². The quantitative estimate of drug-likeness (QED) is 0.453. The van der Waals surface area contributed by atoms with Gasteiger partial charge in [0.1, 0.15) is 11.4 Å². The number of aryl methyl sites for hydroxylation is 2. The van der Waals surface area contributed by atoms with Crippen molar-refractivity contribution < 1.29 is 9.53 Å². The number of aromatic amines is 1. The third-order valence-electron chi connectivity index (χ3n) is 5.45. The highest BCUT2D eigenvalue weighted by atomic mass is 16.5. The molecule has 7 nitrogen and oxygen atoms in total. The van der Waals surface area contributed by atoms with Crippen LogP contribution >= 0.6 is 0 Å². The van der Waals surface area contributed by atoms with Crippen molar-refractivity contribution in [3.63, 3.8) is 0 Å². The van der Waals surface area contributed by atoms with Crippen molar-refractivity contribution in [2.24, 2.45) is 5.92 Å². The first kappa shape index (κ1) is 21.7. The molecule has 3 aromatic rings. The summed E-state index contributed by atoms with van der Waals surface area (Å²) in [6, 6.07) is 17.6. The lowest BCUT2D eigenvalue weighted by Gasteiger charge is -2.07. The Morgan fingerprint density at radius 1 is 1.06 bits per heavy atom. The molecule has 0 atom stereocenters. The van der Waals surface area contributed by atoms with E-state index in [4.69, 9.17) is 4.74 Å². The average Bonchev–Trinajstić information content (AvgIpc) is 3.65. The summed E-state index contributed by atoms with van der Waals surface area (Å²) < 4.78 is 5.79. The van der Waals surface area contributed by atoms with Crippen LogP contribution in [0.2, 0.25) is 0 Å². The molecule has 32 heavy (non-hydrogen) atoms. The number of carbonyl (C=O) groups excluding carboxylic acids is 1. The first-order valence-electron chi connectivity index (χ1n) is 11.2. The van der Waals surface area contributed by atoms with Crippen molar-refractivity contribution in [2.45, 2.75) is 38.5 Å². The molecule has 0 spiro atoms. The summed E-state index contributed by atoms with van der Waals surface area (Å²) in [6.45, 7) is 1.33. The molecular weight excluding hydrogens is 404 g/mol. The number of nitrogens with zero attached hydrogens (tertiary/aromatic N) is 2. The summed E-state index contributed by atoms with van der Waals surface area (Å²) in [6.07, 6.45) is 4.69. The predicted octanol–water partition coefficient (Wildman–Crippen LogP) is 3.30. The fourth-order valence-electron chi connectivity index (χ4n) is 3.37. The molecule has 1 amide bonds. The van der Waals surface area contributed by atoms with E-state index in [1.165, 1.54) is 18.4 Å². The zero-order valence-electron chi connectivity index (χ0n) is 18.0. The van der Waals surface area contributed by atoms with Crippen LogP contribution in [-0.4, -0.2) is 34.2 Å². The maximum atomic E-state index is 12.4. The number of H-pyrrole nitrogens is 1. The minimum atomic E-state index is -0.323. The molecule has 0 saturated heterocycles. The summed E-state index contributed by atoms with van der Waals surface area (Å²) in [7, 11) is 0. The number of aromatic nitrogens is 3. The van der Waals surface area contributed by atoms with E-state index in [1.807, 2.05) is 42.5 Å². The van der Waals surface area contributed by atoms with Crippen LogP contribution in [0.25, 0.3) is 11.4 Å². The lowest BCUT2D eigenvalue weighted by Crippen LogP contribution is -2.26. The van der Waals surface area contributed by atoms with Gasteiger partial charge in [-0.25, -0.2) is 0 Å². The Morgan fingerprint density at radius 3 is 2.69 bits per heavy atom. The van der Waals surface area contributed by atoms with E-state index < -0.39 is 0 Å². The van der Waals surface area contributed by atoms with Crippen LogP contribution in [-0.2, 0) is 17.6 Å². The van der Waals surface area contributed by atoms with Crippen molar-refractivity contribution in [3.05, 3.63) is 76.2 Å². The minimum absolute atomic E-state index is 0.0937. The molecule has 0 bridgehead atoms. The molecule has 166 valence electrons. The van der Waals surface area contributed by atoms with Crippen LogP contribution in [0, 0.1) is 5.92 Å². The Bertz CT molecular complexity index is 1090. The van der Waals surface area contributed by atoms with Gasteiger partial charge < -0.3 is 15.0 Å². The summed E-state index contributed by atoms with van der Waals surface area (Å²) in [5, 5.41) is 11.1. The van der Waals surface area contributed by atoms with Gasteiger partial charge in [0, 0.05) is 24.9 Å². The molecule has 1 heterocycles. The van der Waals surface area contributed by atoms with Gasteiger partial charge in [-0.3, -0.25) is 9.59 Å². The van der Waals surface area contributed by atoms with Crippen LogP contribution < -0.4 is 15.6 Å². The van der Waals surface area contributed by atoms with Crippen molar-refractivity contribution in [1.29, 1.82) is 0 Å². The number of nitrogens with one attached hydrogen (secondary N) is 2. The summed E-state index contributed by atoms with van der Waals surface area (Å²) in [5.41, 5.74) is 1.93. The molecule has 2 aromatic carbocycles. The third-order valence-corrected chi connectivity index (χ3v) is 5.45. The normalized spacial score (nSPS) is 13.0. The fraction of sp³-hybridized carbons (Fsp3) is 0.360. The van der Waals surface area contributed by atoms with Crippen LogP contribution in [0.5, 0.6) is 5.75 Å². The Balaban J connectivity index is 1.24. The Labute approximate surface area is 187 Å². The van der Waals surface area contributed by atoms with Crippen molar-refractivity contribution in [3.8, 4) is 17.1 Å². The lowest BCUT2D eigenvalue weighted by atomic mass is 10.1. The van der Waals surface area contributed by atoms with Crippen LogP contribution in [0.15, 0.2) is 59.4 Å². The molecule has 1 aromatic heterocycles. The van der Waals surface area contributed by atoms with Gasteiger partial charge in [0.25, 0.3) is 5.56 Å². The molecule has 0 radical (unpaired) electrons. The molecule has 0 aliphatic heterocycles. The van der Waals surface area contributed by atoms with Gasteiger partial charge in [-0.05, 0) is 49.3 Å². The molecule has 2 N–H and O–H groups in total. The highest BCUT2D eigenvalue weighted by molar-refractivity contribution is 5.76. The van der Waals surface area contributed by atoms with Gasteiger partial charge in [0.2, 0.25) is 5.91 Å². The second-order valence-electron chi connectivity index (χ2n) is 8.17. The topological polar surface area (TPSA) is 97.0 Å². The molecule has 0 unspecified atom stereocenters. The van der Waals surface area contributed by atoms with Crippen molar-refractivity contribution >= 4 is 5.91 Å². The van der Waals surface area contributed by atoms with Gasteiger partial charge in [-0.2, -0.15) is 0 Å². The SMILES string of the molecule is O=C(CCc1nnc(-c2cccc(OCC3CC3)c2)[nH]c1=O)NCCCc1ccccc1. The number of ether oxygens (including phenoxy) is 1. The first-order valence-corrected chi connectivity index (χ1v) is 11.2. The van der Waals surface area contributed by atoms with Crippen molar-refractivity contribution in [1.82, 2.24) is 20.5 Å². The van der Waals surface area contributed by atoms with Crippen LogP contribution in [0.1, 0.15) is 36.9 Å². The number of hydrogen-bond acceptors (Lipinski definition) is 5. The molecule has 1 aliphatic carbocycles. The maximum Gasteiger partial charge on any atom is 0.273 e. The molecule has 1 fully saturated rings. The first-order chi connectivity index (χ1) is 15.7. The van der Waals surface area contributed by atoms with Crippen molar-refractivity contribution in [2.75, 3.05) is 13.2 Å². The van der Waals surface area contributed by atoms with Crippen LogP contribution in [0.3, 0.4) is 0 Å². The van der Waals surface area contributed by atoms with Gasteiger partial charge in [-0.15, -0.1) is 10.2 Å². The summed E-state index contributed by atoms with van der Waals surface area (Å²) >= 11 is 0. The second kappa shape index (κ2) is 10.7. The van der Waals surface area contributed by atoms with E-state index >= 15 is 0 Å². The smallest absolute Gasteiger partial charge is 0.273 e. The highest BCUT2D eigenvalue weighted by Crippen LogP contribution is 2.30. The Kier molecular flexibility index (Phi) is 7.27.